The molecule has 0 radical (unpaired) electrons. The number of anilines is 1. The molecule has 3 aromatic rings. The molecule has 2 atom stereocenters. The van der Waals surface area contributed by atoms with Crippen LogP contribution >= 0.6 is 7.82 Å². The van der Waals surface area contributed by atoms with Crippen molar-refractivity contribution in [1.29, 1.82) is 0 Å². The number of aliphatic hydroxyl groups excluding tert-OH is 1. The van der Waals surface area contributed by atoms with Crippen molar-refractivity contribution in [2.24, 2.45) is 7.05 Å². The SMILES string of the molecule is Cn1nnc(-c2ccc(-c3ccc(N4C[C@H](C(O)F)OC4=O)cc3F)cn2)n1.O=P(O)(O)O. The third-order valence-corrected chi connectivity index (χ3v) is 4.22. The van der Waals surface area contributed by atoms with E-state index >= 15 is 0 Å². The molecule has 16 heteroatoms. The molecule has 4 N–H and O–H groups in total. The smallest absolute Gasteiger partial charge is 0.438 e. The number of carbonyl (C=O) groups is 1. The third kappa shape index (κ3) is 6.34. The number of hydrogen-bond donors (Lipinski definition) is 4. The maximum Gasteiger partial charge on any atom is 0.466 e. The normalized spacial score (nSPS) is 16.8. The van der Waals surface area contributed by atoms with Gasteiger partial charge < -0.3 is 24.5 Å². The van der Waals surface area contributed by atoms with Gasteiger partial charge in [-0.1, -0.05) is 6.07 Å². The molecule has 0 saturated carbocycles. The molecule has 13 nitrogen and oxygen atoms in total. The molecular weight excluding hydrogens is 469 g/mol. The van der Waals surface area contributed by atoms with Crippen molar-refractivity contribution in [1.82, 2.24) is 25.2 Å². The molecule has 3 heterocycles. The Hall–Kier alpha value is -3.36. The molecule has 1 aliphatic rings. The van der Waals surface area contributed by atoms with E-state index in [0.29, 0.717) is 17.1 Å². The second-order valence-corrected chi connectivity index (χ2v) is 7.64. The Kier molecular flexibility index (Phi) is 7.09. The van der Waals surface area contributed by atoms with Crippen LogP contribution in [0.1, 0.15) is 0 Å². The van der Waals surface area contributed by atoms with Gasteiger partial charge >= 0.3 is 13.9 Å². The Morgan fingerprint density at radius 1 is 1.24 bits per heavy atom. The van der Waals surface area contributed by atoms with Gasteiger partial charge in [0, 0.05) is 17.3 Å². The van der Waals surface area contributed by atoms with Crippen LogP contribution in [-0.2, 0) is 16.3 Å². The van der Waals surface area contributed by atoms with Crippen LogP contribution < -0.4 is 4.90 Å². The number of carbonyl (C=O) groups excluding carboxylic acids is 1. The van der Waals surface area contributed by atoms with Gasteiger partial charge in [0.05, 0.1) is 19.3 Å². The zero-order valence-electron chi connectivity index (χ0n) is 16.7. The highest BCUT2D eigenvalue weighted by molar-refractivity contribution is 7.45. The zero-order chi connectivity index (χ0) is 24.3. The largest absolute Gasteiger partial charge is 0.466 e. The number of rotatable bonds is 4. The molecule has 1 saturated heterocycles. The van der Waals surface area contributed by atoms with Crippen molar-refractivity contribution in [2.75, 3.05) is 11.4 Å². The lowest BCUT2D eigenvalue weighted by molar-refractivity contribution is -0.0503. The predicted octanol–water partition coefficient (Wildman–Crippen LogP) is 0.763. The lowest BCUT2D eigenvalue weighted by Gasteiger charge is -2.14. The Morgan fingerprint density at radius 2 is 1.94 bits per heavy atom. The second kappa shape index (κ2) is 9.64. The summed E-state index contributed by atoms with van der Waals surface area (Å²) in [6.07, 6.45) is -2.98. The van der Waals surface area contributed by atoms with E-state index in [2.05, 4.69) is 20.4 Å². The average Bonchev–Trinajstić information content (AvgIpc) is 3.33. The van der Waals surface area contributed by atoms with Crippen molar-refractivity contribution in [3.63, 3.8) is 0 Å². The van der Waals surface area contributed by atoms with Crippen LogP contribution in [0.5, 0.6) is 0 Å². The number of nitrogens with zero attached hydrogens (tertiary/aromatic N) is 6. The Labute approximate surface area is 184 Å². The number of ether oxygens (including phenoxy) is 1. The van der Waals surface area contributed by atoms with Gasteiger partial charge in [0.15, 0.2) is 6.10 Å². The van der Waals surface area contributed by atoms with Crippen molar-refractivity contribution in [3.8, 4) is 22.6 Å². The minimum absolute atomic E-state index is 0.197. The first kappa shape index (κ1) is 24.3. The van der Waals surface area contributed by atoms with Crippen LogP contribution in [0, 0.1) is 5.82 Å². The van der Waals surface area contributed by atoms with E-state index in [4.69, 9.17) is 29.1 Å². The number of halogens is 2. The number of alkyl halides is 1. The van der Waals surface area contributed by atoms with E-state index in [1.807, 2.05) is 0 Å². The summed E-state index contributed by atoms with van der Waals surface area (Å²) < 4.78 is 41.2. The topological polar surface area (TPSA) is 184 Å². The van der Waals surface area contributed by atoms with Crippen molar-refractivity contribution in [2.45, 2.75) is 12.5 Å². The van der Waals surface area contributed by atoms with Crippen LogP contribution in [0.25, 0.3) is 22.6 Å². The maximum atomic E-state index is 14.6. The third-order valence-electron chi connectivity index (χ3n) is 4.22. The number of hydrogen-bond acceptors (Lipinski definition) is 8. The molecule has 0 bridgehead atoms. The predicted molar refractivity (Wildman–Crippen MR) is 106 cm³/mol. The molecule has 1 amide bonds. The van der Waals surface area contributed by atoms with E-state index in [0.717, 1.165) is 11.0 Å². The van der Waals surface area contributed by atoms with Gasteiger partial charge in [0.25, 0.3) is 0 Å². The number of phosphoric acid groups is 1. The fourth-order valence-electron chi connectivity index (χ4n) is 2.82. The molecule has 1 fully saturated rings. The summed E-state index contributed by atoms with van der Waals surface area (Å²) in [5.74, 6) is -0.247. The van der Waals surface area contributed by atoms with E-state index < -0.39 is 32.2 Å². The standard InChI is InChI=1S/C17H14F2N6O3.H3O4P/c1-24-22-16(21-23-24)13-5-2-9(7-20-13)11-4-3-10(6-12(11)18)25-8-14(15(19)26)28-17(25)27;1-5(2,3)4/h2-7,14-15,26H,8H2,1H3;(H3,1,2,3,4)/t14-,15?;/m1./s1. The minimum atomic E-state index is -4.64. The molecule has 0 aliphatic carbocycles. The summed E-state index contributed by atoms with van der Waals surface area (Å²) in [7, 11) is -3.01. The Balaban J connectivity index is 0.000000555. The Morgan fingerprint density at radius 3 is 2.42 bits per heavy atom. The first-order valence-corrected chi connectivity index (χ1v) is 10.6. The van der Waals surface area contributed by atoms with Gasteiger partial charge in [0.1, 0.15) is 11.5 Å². The minimum Gasteiger partial charge on any atom is -0.438 e. The van der Waals surface area contributed by atoms with E-state index in [1.165, 1.54) is 23.1 Å². The van der Waals surface area contributed by atoms with E-state index in [-0.39, 0.29) is 17.8 Å². The lowest BCUT2D eigenvalue weighted by atomic mass is 10.1. The van der Waals surface area contributed by atoms with Crippen LogP contribution in [-0.4, -0.2) is 70.1 Å². The summed E-state index contributed by atoms with van der Waals surface area (Å²) in [6.45, 7) is -0.212. The molecule has 4 rings (SSSR count). The molecule has 1 unspecified atom stereocenters. The average molecular weight is 486 g/mol. The summed E-state index contributed by atoms with van der Waals surface area (Å²) in [5, 5.41) is 20.6. The Bertz CT molecular complexity index is 1180. The van der Waals surface area contributed by atoms with Crippen LogP contribution in [0.15, 0.2) is 36.5 Å². The van der Waals surface area contributed by atoms with Gasteiger partial charge in [-0.3, -0.25) is 9.88 Å². The number of aliphatic hydroxyl groups is 1. The highest BCUT2D eigenvalue weighted by Gasteiger charge is 2.37. The van der Waals surface area contributed by atoms with Gasteiger partial charge in [-0.15, -0.1) is 10.2 Å². The highest BCUT2D eigenvalue weighted by atomic mass is 31.2. The highest BCUT2D eigenvalue weighted by Crippen LogP contribution is 2.30. The summed E-state index contributed by atoms with van der Waals surface area (Å²) >= 11 is 0. The van der Waals surface area contributed by atoms with Crippen LogP contribution in [0.2, 0.25) is 0 Å². The molecule has 1 aromatic carbocycles. The molecule has 0 spiro atoms. The van der Waals surface area contributed by atoms with Gasteiger partial charge in [0.2, 0.25) is 12.2 Å². The lowest BCUT2D eigenvalue weighted by Crippen LogP contribution is -2.28. The number of amides is 1. The van der Waals surface area contributed by atoms with Gasteiger partial charge in [-0.2, -0.15) is 4.80 Å². The number of tetrazole rings is 1. The van der Waals surface area contributed by atoms with Crippen molar-refractivity contribution >= 4 is 19.6 Å². The van der Waals surface area contributed by atoms with Gasteiger partial charge in [-0.05, 0) is 29.5 Å². The van der Waals surface area contributed by atoms with Crippen molar-refractivity contribution in [3.05, 3.63) is 42.3 Å². The number of benzene rings is 1. The summed E-state index contributed by atoms with van der Waals surface area (Å²) in [6, 6.07) is 7.43. The van der Waals surface area contributed by atoms with Crippen LogP contribution in [0.4, 0.5) is 19.3 Å². The molecule has 33 heavy (non-hydrogen) atoms. The van der Waals surface area contributed by atoms with E-state index in [9.17, 15) is 13.6 Å². The van der Waals surface area contributed by atoms with Gasteiger partial charge in [-0.25, -0.2) is 18.1 Å². The zero-order valence-corrected chi connectivity index (χ0v) is 17.6. The quantitative estimate of drug-likeness (QED) is 0.382. The molecular formula is C17H17F2N6O7P. The fourth-order valence-corrected chi connectivity index (χ4v) is 2.82. The maximum absolute atomic E-state index is 14.6. The number of pyridine rings is 1. The van der Waals surface area contributed by atoms with Crippen molar-refractivity contribution < 1.29 is 42.7 Å². The number of cyclic esters (lactones) is 1. The fraction of sp³-hybridized carbons (Fsp3) is 0.235. The van der Waals surface area contributed by atoms with E-state index in [1.54, 1.807) is 19.2 Å². The second-order valence-electron chi connectivity index (χ2n) is 6.62. The number of aryl methyl sites for hydroxylation is 1. The first-order chi connectivity index (χ1) is 15.4. The van der Waals surface area contributed by atoms with Crippen LogP contribution in [0.3, 0.4) is 0 Å². The molecule has 2 aromatic heterocycles. The monoisotopic (exact) mass is 486 g/mol. The summed E-state index contributed by atoms with van der Waals surface area (Å²) in [4.78, 5) is 40.0. The molecule has 1 aliphatic heterocycles. The summed E-state index contributed by atoms with van der Waals surface area (Å²) in [5.41, 5.74) is 1.47. The number of aromatic nitrogens is 5. The first-order valence-electron chi connectivity index (χ1n) is 9.01. The molecule has 176 valence electrons.